The van der Waals surface area contributed by atoms with Gasteiger partial charge in [-0.3, -0.25) is 0 Å². The highest BCUT2D eigenvalue weighted by Gasteiger charge is 2.25. The van der Waals surface area contributed by atoms with Crippen LogP contribution < -0.4 is 10.0 Å². The SMILES string of the molecule is CCOC(C)(C)CNS(=O)(=O)c1cc(Br)cnc1NC. The molecule has 8 heteroatoms. The Morgan fingerprint density at radius 1 is 1.45 bits per heavy atom. The molecule has 20 heavy (non-hydrogen) atoms. The minimum absolute atomic E-state index is 0.0988. The van der Waals surface area contributed by atoms with Gasteiger partial charge < -0.3 is 10.1 Å². The molecule has 0 unspecified atom stereocenters. The molecule has 0 spiro atoms. The van der Waals surface area contributed by atoms with E-state index in [4.69, 9.17) is 4.74 Å². The smallest absolute Gasteiger partial charge is 0.244 e. The second-order valence-electron chi connectivity index (χ2n) is 4.77. The maximum absolute atomic E-state index is 12.3. The van der Waals surface area contributed by atoms with Crippen LogP contribution in [-0.2, 0) is 14.8 Å². The Kier molecular flexibility index (Phi) is 5.93. The van der Waals surface area contributed by atoms with Gasteiger partial charge in [-0.15, -0.1) is 0 Å². The topological polar surface area (TPSA) is 80.3 Å². The van der Waals surface area contributed by atoms with E-state index in [0.717, 1.165) is 0 Å². The summed E-state index contributed by atoms with van der Waals surface area (Å²) in [5.74, 6) is 0.301. The molecule has 0 aliphatic rings. The van der Waals surface area contributed by atoms with Crippen LogP contribution in [0.15, 0.2) is 21.6 Å². The van der Waals surface area contributed by atoms with Crippen molar-refractivity contribution in [3.8, 4) is 0 Å². The van der Waals surface area contributed by atoms with Crippen molar-refractivity contribution in [1.29, 1.82) is 0 Å². The Morgan fingerprint density at radius 2 is 2.10 bits per heavy atom. The van der Waals surface area contributed by atoms with Crippen LogP contribution in [0.1, 0.15) is 20.8 Å². The number of nitrogens with zero attached hydrogens (tertiary/aromatic N) is 1. The lowest BCUT2D eigenvalue weighted by atomic mass is 10.1. The van der Waals surface area contributed by atoms with Gasteiger partial charge >= 0.3 is 0 Å². The molecule has 0 aromatic carbocycles. The van der Waals surface area contributed by atoms with Crippen LogP contribution in [0.25, 0.3) is 0 Å². The van der Waals surface area contributed by atoms with Gasteiger partial charge in [0.2, 0.25) is 10.0 Å². The van der Waals surface area contributed by atoms with Crippen LogP contribution in [0.4, 0.5) is 5.82 Å². The molecule has 114 valence electrons. The molecule has 0 bridgehead atoms. The lowest BCUT2D eigenvalue weighted by molar-refractivity contribution is -0.00515. The molecule has 0 saturated heterocycles. The fraction of sp³-hybridized carbons (Fsp3) is 0.583. The van der Waals surface area contributed by atoms with Crippen molar-refractivity contribution in [1.82, 2.24) is 9.71 Å². The number of pyridine rings is 1. The average molecular weight is 366 g/mol. The van der Waals surface area contributed by atoms with Gasteiger partial charge in [-0.1, -0.05) is 0 Å². The first kappa shape index (κ1) is 17.4. The number of halogens is 1. The molecule has 0 radical (unpaired) electrons. The second kappa shape index (κ2) is 6.84. The number of hydrogen-bond acceptors (Lipinski definition) is 5. The molecule has 0 aliphatic heterocycles. The van der Waals surface area contributed by atoms with Crippen LogP contribution in [0.2, 0.25) is 0 Å². The summed E-state index contributed by atoms with van der Waals surface area (Å²) in [7, 11) is -2.04. The number of nitrogens with one attached hydrogen (secondary N) is 2. The fourth-order valence-electron chi connectivity index (χ4n) is 1.60. The summed E-state index contributed by atoms with van der Waals surface area (Å²) >= 11 is 3.23. The first-order chi connectivity index (χ1) is 9.22. The summed E-state index contributed by atoms with van der Waals surface area (Å²) in [5, 5.41) is 2.77. The number of hydrogen-bond donors (Lipinski definition) is 2. The highest BCUT2D eigenvalue weighted by atomic mass is 79.9. The van der Waals surface area contributed by atoms with E-state index < -0.39 is 15.6 Å². The molecule has 0 saturated carbocycles. The van der Waals surface area contributed by atoms with Gasteiger partial charge in [-0.05, 0) is 42.8 Å². The number of ether oxygens (including phenoxy) is 1. The first-order valence-corrected chi connectivity index (χ1v) is 8.46. The van der Waals surface area contributed by atoms with Crippen molar-refractivity contribution in [2.24, 2.45) is 0 Å². The van der Waals surface area contributed by atoms with Crippen LogP contribution in [-0.4, -0.2) is 39.2 Å². The van der Waals surface area contributed by atoms with Gasteiger partial charge in [-0.2, -0.15) is 0 Å². The number of sulfonamides is 1. The summed E-state index contributed by atoms with van der Waals surface area (Å²) in [4.78, 5) is 4.13. The van der Waals surface area contributed by atoms with E-state index in [9.17, 15) is 8.42 Å². The average Bonchev–Trinajstić information content (AvgIpc) is 2.37. The molecular weight excluding hydrogens is 346 g/mol. The Balaban J connectivity index is 2.97. The molecule has 1 aromatic heterocycles. The zero-order chi connectivity index (χ0) is 15.4. The largest absolute Gasteiger partial charge is 0.375 e. The number of aromatic nitrogens is 1. The molecule has 6 nitrogen and oxygen atoms in total. The summed E-state index contributed by atoms with van der Waals surface area (Å²) < 4.78 is 33.3. The minimum atomic E-state index is -3.66. The Hall–Kier alpha value is -0.700. The third-order valence-electron chi connectivity index (χ3n) is 2.57. The van der Waals surface area contributed by atoms with Crippen LogP contribution in [0.5, 0.6) is 0 Å². The Labute approximate surface area is 128 Å². The molecule has 1 heterocycles. The third-order valence-corrected chi connectivity index (χ3v) is 4.42. The van der Waals surface area contributed by atoms with Gasteiger partial charge in [0.25, 0.3) is 0 Å². The first-order valence-electron chi connectivity index (χ1n) is 6.19. The molecule has 0 amide bonds. The van der Waals surface area contributed by atoms with Crippen molar-refractivity contribution < 1.29 is 13.2 Å². The van der Waals surface area contributed by atoms with E-state index in [0.29, 0.717) is 16.9 Å². The monoisotopic (exact) mass is 365 g/mol. The minimum Gasteiger partial charge on any atom is -0.375 e. The van der Waals surface area contributed by atoms with Crippen molar-refractivity contribution in [3.63, 3.8) is 0 Å². The lowest BCUT2D eigenvalue weighted by Crippen LogP contribution is -2.40. The highest BCUT2D eigenvalue weighted by molar-refractivity contribution is 9.10. The molecule has 2 N–H and O–H groups in total. The summed E-state index contributed by atoms with van der Waals surface area (Å²) in [6.45, 7) is 6.23. The van der Waals surface area contributed by atoms with E-state index in [-0.39, 0.29) is 11.4 Å². The quantitative estimate of drug-likeness (QED) is 0.771. The van der Waals surface area contributed by atoms with Crippen molar-refractivity contribution in [3.05, 3.63) is 16.7 Å². The van der Waals surface area contributed by atoms with Crippen LogP contribution in [0.3, 0.4) is 0 Å². The van der Waals surface area contributed by atoms with E-state index in [1.807, 2.05) is 20.8 Å². The number of anilines is 1. The summed E-state index contributed by atoms with van der Waals surface area (Å²) in [5.41, 5.74) is -0.568. The Bertz CT molecular complexity index is 561. The standard InChI is InChI=1S/C12H20BrN3O3S/c1-5-19-12(2,3)8-16-20(17,18)10-6-9(13)7-15-11(10)14-4/h6-7,16H,5,8H2,1-4H3,(H,14,15). The van der Waals surface area contributed by atoms with Crippen LogP contribution >= 0.6 is 15.9 Å². The summed E-state index contributed by atoms with van der Waals surface area (Å²) in [6, 6.07) is 1.51. The number of rotatable bonds is 7. The molecule has 1 aromatic rings. The Morgan fingerprint density at radius 3 is 2.65 bits per heavy atom. The maximum atomic E-state index is 12.3. The normalized spacial score (nSPS) is 12.4. The van der Waals surface area contributed by atoms with Gasteiger partial charge in [0.05, 0.1) is 5.60 Å². The van der Waals surface area contributed by atoms with Gasteiger partial charge in [-0.25, -0.2) is 18.1 Å². The molecule has 0 atom stereocenters. The van der Waals surface area contributed by atoms with E-state index in [1.165, 1.54) is 12.3 Å². The van der Waals surface area contributed by atoms with Gasteiger partial charge in [0.1, 0.15) is 10.7 Å². The second-order valence-corrected chi connectivity index (χ2v) is 7.42. The fourth-order valence-corrected chi connectivity index (χ4v) is 3.47. The van der Waals surface area contributed by atoms with Gasteiger partial charge in [0, 0.05) is 30.9 Å². The third kappa shape index (κ3) is 4.69. The molecular formula is C12H20BrN3O3S. The van der Waals surface area contributed by atoms with Crippen molar-refractivity contribution >= 4 is 31.8 Å². The van der Waals surface area contributed by atoms with E-state index >= 15 is 0 Å². The lowest BCUT2D eigenvalue weighted by Gasteiger charge is -2.25. The van der Waals surface area contributed by atoms with E-state index in [1.54, 1.807) is 7.05 Å². The predicted octanol–water partition coefficient (Wildman–Crippen LogP) is 1.98. The van der Waals surface area contributed by atoms with Crippen molar-refractivity contribution in [2.75, 3.05) is 25.5 Å². The predicted molar refractivity (Wildman–Crippen MR) is 82.4 cm³/mol. The molecule has 1 rings (SSSR count). The van der Waals surface area contributed by atoms with Gasteiger partial charge in [0.15, 0.2) is 0 Å². The van der Waals surface area contributed by atoms with E-state index in [2.05, 4.69) is 31.0 Å². The zero-order valence-corrected chi connectivity index (χ0v) is 14.4. The van der Waals surface area contributed by atoms with Crippen LogP contribution in [0, 0.1) is 0 Å². The van der Waals surface area contributed by atoms with Crippen molar-refractivity contribution in [2.45, 2.75) is 31.3 Å². The highest BCUT2D eigenvalue weighted by Crippen LogP contribution is 2.22. The zero-order valence-electron chi connectivity index (χ0n) is 12.0. The summed E-state index contributed by atoms with van der Waals surface area (Å²) in [6.07, 6.45) is 1.54. The molecule has 0 aliphatic carbocycles. The maximum Gasteiger partial charge on any atom is 0.244 e. The molecule has 0 fully saturated rings.